The van der Waals surface area contributed by atoms with E-state index >= 15 is 0 Å². The van der Waals surface area contributed by atoms with Gasteiger partial charge in [-0.3, -0.25) is 4.79 Å². The van der Waals surface area contributed by atoms with Crippen molar-refractivity contribution < 1.29 is 9.53 Å². The Morgan fingerprint density at radius 3 is 2.68 bits per heavy atom. The highest BCUT2D eigenvalue weighted by Crippen LogP contribution is 2.29. The molecular formula is C18H18ClNO2. The highest BCUT2D eigenvalue weighted by Gasteiger charge is 2.27. The first kappa shape index (κ1) is 15.1. The predicted octanol–water partition coefficient (Wildman–Crippen LogP) is 3.86. The number of halogens is 1. The minimum Gasteiger partial charge on any atom is -0.370 e. The quantitative estimate of drug-likeness (QED) is 0.842. The lowest BCUT2D eigenvalue weighted by molar-refractivity contribution is -0.0228. The van der Waals surface area contributed by atoms with Gasteiger partial charge in [0.05, 0.1) is 13.2 Å². The molecule has 2 aromatic carbocycles. The third kappa shape index (κ3) is 3.01. The molecule has 1 saturated heterocycles. The van der Waals surface area contributed by atoms with Gasteiger partial charge in [0.25, 0.3) is 5.91 Å². The molecule has 0 N–H and O–H groups in total. The Bertz CT molecular complexity index is 686. The first-order valence-electron chi connectivity index (χ1n) is 7.38. The lowest BCUT2D eigenvalue weighted by Gasteiger charge is -2.33. The summed E-state index contributed by atoms with van der Waals surface area (Å²) in [6.07, 6.45) is -0.171. The molecule has 0 radical (unpaired) electrons. The fourth-order valence-corrected chi connectivity index (χ4v) is 3.00. The van der Waals surface area contributed by atoms with Crippen molar-refractivity contribution in [2.75, 3.05) is 19.7 Å². The first-order valence-corrected chi connectivity index (χ1v) is 7.75. The maximum atomic E-state index is 12.7. The summed E-state index contributed by atoms with van der Waals surface area (Å²) >= 11 is 6.24. The number of carbonyl (C=O) groups excluding carboxylic acids is 1. The monoisotopic (exact) mass is 315 g/mol. The number of rotatable bonds is 2. The standard InChI is InChI=1S/C18H18ClNO2/c1-13-6-2-3-7-14(13)18(21)20-10-11-22-17(12-20)15-8-4-5-9-16(15)19/h2-9,17H,10-12H2,1H3. The number of amides is 1. The molecule has 22 heavy (non-hydrogen) atoms. The molecule has 0 aromatic heterocycles. The Balaban J connectivity index is 1.80. The highest BCUT2D eigenvalue weighted by molar-refractivity contribution is 6.31. The van der Waals surface area contributed by atoms with E-state index in [-0.39, 0.29) is 12.0 Å². The van der Waals surface area contributed by atoms with E-state index in [1.807, 2.05) is 60.4 Å². The Hall–Kier alpha value is -1.84. The van der Waals surface area contributed by atoms with Crippen molar-refractivity contribution in [3.63, 3.8) is 0 Å². The lowest BCUT2D eigenvalue weighted by atomic mass is 10.0. The van der Waals surface area contributed by atoms with Gasteiger partial charge in [-0.1, -0.05) is 48.0 Å². The van der Waals surface area contributed by atoms with Crippen LogP contribution in [0, 0.1) is 6.92 Å². The largest absolute Gasteiger partial charge is 0.370 e. The van der Waals surface area contributed by atoms with Gasteiger partial charge in [0, 0.05) is 22.7 Å². The zero-order valence-electron chi connectivity index (χ0n) is 12.5. The third-order valence-corrected chi connectivity index (χ3v) is 4.33. The maximum absolute atomic E-state index is 12.7. The summed E-state index contributed by atoms with van der Waals surface area (Å²) in [4.78, 5) is 14.6. The van der Waals surface area contributed by atoms with E-state index in [1.54, 1.807) is 0 Å². The first-order chi connectivity index (χ1) is 10.7. The van der Waals surface area contributed by atoms with Crippen molar-refractivity contribution in [2.24, 2.45) is 0 Å². The average Bonchev–Trinajstić information content (AvgIpc) is 2.55. The molecular weight excluding hydrogens is 298 g/mol. The number of nitrogens with zero attached hydrogens (tertiary/aromatic N) is 1. The molecule has 3 rings (SSSR count). The van der Waals surface area contributed by atoms with E-state index < -0.39 is 0 Å². The van der Waals surface area contributed by atoms with Crippen molar-refractivity contribution in [3.8, 4) is 0 Å². The van der Waals surface area contributed by atoms with Gasteiger partial charge < -0.3 is 9.64 Å². The summed E-state index contributed by atoms with van der Waals surface area (Å²) in [6, 6.07) is 15.3. The molecule has 1 aliphatic rings. The zero-order valence-corrected chi connectivity index (χ0v) is 13.2. The van der Waals surface area contributed by atoms with E-state index in [0.29, 0.717) is 24.7 Å². The van der Waals surface area contributed by atoms with Crippen LogP contribution in [0.3, 0.4) is 0 Å². The second-order valence-electron chi connectivity index (χ2n) is 5.45. The second kappa shape index (κ2) is 6.51. The van der Waals surface area contributed by atoms with Gasteiger partial charge in [0.2, 0.25) is 0 Å². The fourth-order valence-electron chi connectivity index (χ4n) is 2.74. The van der Waals surface area contributed by atoms with Crippen LogP contribution < -0.4 is 0 Å². The molecule has 0 saturated carbocycles. The molecule has 3 nitrogen and oxygen atoms in total. The van der Waals surface area contributed by atoms with E-state index in [0.717, 1.165) is 16.7 Å². The van der Waals surface area contributed by atoms with Crippen LogP contribution in [0.15, 0.2) is 48.5 Å². The number of aryl methyl sites for hydroxylation is 1. The fraction of sp³-hybridized carbons (Fsp3) is 0.278. The van der Waals surface area contributed by atoms with E-state index in [4.69, 9.17) is 16.3 Å². The van der Waals surface area contributed by atoms with Crippen molar-refractivity contribution in [3.05, 3.63) is 70.2 Å². The van der Waals surface area contributed by atoms with Gasteiger partial charge in [0.15, 0.2) is 0 Å². The molecule has 1 fully saturated rings. The summed E-state index contributed by atoms with van der Waals surface area (Å²) in [5, 5.41) is 0.678. The van der Waals surface area contributed by atoms with E-state index in [1.165, 1.54) is 0 Å². The number of morpholine rings is 1. The lowest BCUT2D eigenvalue weighted by Crippen LogP contribution is -2.42. The molecule has 114 valence electrons. The van der Waals surface area contributed by atoms with Crippen molar-refractivity contribution in [2.45, 2.75) is 13.0 Å². The minimum atomic E-state index is -0.171. The Labute approximate surface area is 135 Å². The summed E-state index contributed by atoms with van der Waals surface area (Å²) < 4.78 is 5.81. The molecule has 2 aromatic rings. The van der Waals surface area contributed by atoms with E-state index in [9.17, 15) is 4.79 Å². The van der Waals surface area contributed by atoms with Crippen molar-refractivity contribution in [1.82, 2.24) is 4.90 Å². The molecule has 0 bridgehead atoms. The zero-order chi connectivity index (χ0) is 15.5. The van der Waals surface area contributed by atoms with Gasteiger partial charge in [0.1, 0.15) is 6.10 Å². The van der Waals surface area contributed by atoms with Crippen molar-refractivity contribution in [1.29, 1.82) is 0 Å². The third-order valence-electron chi connectivity index (χ3n) is 3.98. The second-order valence-corrected chi connectivity index (χ2v) is 5.85. The van der Waals surface area contributed by atoms with Crippen LogP contribution in [-0.4, -0.2) is 30.5 Å². The Kier molecular flexibility index (Phi) is 4.46. The van der Waals surface area contributed by atoms with Crippen LogP contribution in [0.2, 0.25) is 5.02 Å². The predicted molar refractivity (Wildman–Crippen MR) is 87.2 cm³/mol. The summed E-state index contributed by atoms with van der Waals surface area (Å²) in [7, 11) is 0. The molecule has 4 heteroatoms. The number of carbonyl (C=O) groups is 1. The smallest absolute Gasteiger partial charge is 0.254 e. The molecule has 0 aliphatic carbocycles. The number of ether oxygens (including phenoxy) is 1. The van der Waals surface area contributed by atoms with Gasteiger partial charge in [-0.2, -0.15) is 0 Å². The minimum absolute atomic E-state index is 0.0541. The molecule has 1 heterocycles. The van der Waals surface area contributed by atoms with Crippen LogP contribution in [0.1, 0.15) is 27.6 Å². The topological polar surface area (TPSA) is 29.5 Å². The number of hydrogen-bond donors (Lipinski definition) is 0. The van der Waals surface area contributed by atoms with Crippen LogP contribution in [-0.2, 0) is 4.74 Å². The Morgan fingerprint density at radius 2 is 1.91 bits per heavy atom. The number of benzene rings is 2. The van der Waals surface area contributed by atoms with Gasteiger partial charge in [-0.05, 0) is 24.6 Å². The average molecular weight is 316 g/mol. The van der Waals surface area contributed by atoms with Gasteiger partial charge in [-0.15, -0.1) is 0 Å². The molecule has 1 atom stereocenters. The summed E-state index contributed by atoms with van der Waals surface area (Å²) in [6.45, 7) is 3.61. The van der Waals surface area contributed by atoms with Gasteiger partial charge >= 0.3 is 0 Å². The normalized spacial score (nSPS) is 18.3. The van der Waals surface area contributed by atoms with Crippen LogP contribution >= 0.6 is 11.6 Å². The van der Waals surface area contributed by atoms with E-state index in [2.05, 4.69) is 0 Å². The van der Waals surface area contributed by atoms with Crippen LogP contribution in [0.25, 0.3) is 0 Å². The van der Waals surface area contributed by atoms with Crippen LogP contribution in [0.4, 0.5) is 0 Å². The van der Waals surface area contributed by atoms with Crippen molar-refractivity contribution >= 4 is 17.5 Å². The molecule has 1 unspecified atom stereocenters. The highest BCUT2D eigenvalue weighted by atomic mass is 35.5. The molecule has 1 aliphatic heterocycles. The van der Waals surface area contributed by atoms with Gasteiger partial charge in [-0.25, -0.2) is 0 Å². The molecule has 1 amide bonds. The SMILES string of the molecule is Cc1ccccc1C(=O)N1CCOC(c2ccccc2Cl)C1. The molecule has 0 spiro atoms. The maximum Gasteiger partial charge on any atom is 0.254 e. The summed E-state index contributed by atoms with van der Waals surface area (Å²) in [5.74, 6) is 0.0541. The Morgan fingerprint density at radius 1 is 1.18 bits per heavy atom. The van der Waals surface area contributed by atoms with Crippen LogP contribution in [0.5, 0.6) is 0 Å². The summed E-state index contributed by atoms with van der Waals surface area (Å²) in [5.41, 5.74) is 2.68. The number of hydrogen-bond acceptors (Lipinski definition) is 2.